The molecule has 0 aliphatic carbocycles. The number of rotatable bonds is 7. The molecule has 8 nitrogen and oxygen atoms in total. The molecule has 3 rings (SSSR count). The van der Waals surface area contributed by atoms with Crippen LogP contribution in [0.25, 0.3) is 0 Å². The number of anilines is 1. The van der Waals surface area contributed by atoms with Crippen LogP contribution in [-0.2, 0) is 21.7 Å². The number of methoxy groups -OCH3 is 1. The second-order valence-corrected chi connectivity index (χ2v) is 7.51. The Kier molecular flexibility index (Phi) is 5.96. The van der Waals surface area contributed by atoms with Gasteiger partial charge >= 0.3 is 6.03 Å². The molecule has 0 saturated carbocycles. The number of carbonyl (C=O) groups is 3. The Morgan fingerprint density at radius 3 is 2.30 bits per heavy atom. The van der Waals surface area contributed by atoms with E-state index in [4.69, 9.17) is 4.74 Å². The van der Waals surface area contributed by atoms with Gasteiger partial charge in [-0.2, -0.15) is 0 Å². The van der Waals surface area contributed by atoms with E-state index in [0.29, 0.717) is 17.9 Å². The molecule has 158 valence electrons. The number of hydrogen-bond donors (Lipinski definition) is 2. The molecule has 2 aromatic carbocycles. The molecule has 1 fully saturated rings. The van der Waals surface area contributed by atoms with Crippen molar-refractivity contribution in [2.75, 3.05) is 32.6 Å². The number of benzene rings is 2. The van der Waals surface area contributed by atoms with Crippen LogP contribution in [0.1, 0.15) is 18.1 Å². The minimum Gasteiger partial charge on any atom is -0.497 e. The topological polar surface area (TPSA) is 91.0 Å². The molecule has 4 amide bonds. The van der Waals surface area contributed by atoms with Crippen LogP contribution in [0.5, 0.6) is 5.75 Å². The third kappa shape index (κ3) is 4.22. The zero-order valence-electron chi connectivity index (χ0n) is 17.6. The molecule has 1 aliphatic rings. The first-order valence-electron chi connectivity index (χ1n) is 9.56. The molecule has 1 heterocycles. The number of imide groups is 1. The summed E-state index contributed by atoms with van der Waals surface area (Å²) < 4.78 is 5.13. The lowest BCUT2D eigenvalue weighted by Crippen LogP contribution is -2.43. The van der Waals surface area contributed by atoms with Gasteiger partial charge in [0, 0.05) is 26.3 Å². The van der Waals surface area contributed by atoms with Crippen molar-refractivity contribution in [2.24, 2.45) is 0 Å². The summed E-state index contributed by atoms with van der Waals surface area (Å²) in [6.07, 6.45) is 0. The maximum atomic E-state index is 12.9. The van der Waals surface area contributed by atoms with Gasteiger partial charge in [-0.25, -0.2) is 4.79 Å². The third-order valence-corrected chi connectivity index (χ3v) is 5.19. The molecule has 2 aromatic rings. The Morgan fingerprint density at radius 1 is 1.10 bits per heavy atom. The highest BCUT2D eigenvalue weighted by Crippen LogP contribution is 2.29. The predicted molar refractivity (Wildman–Crippen MR) is 113 cm³/mol. The second-order valence-electron chi connectivity index (χ2n) is 7.51. The molecule has 2 N–H and O–H groups in total. The Hall–Kier alpha value is -3.55. The summed E-state index contributed by atoms with van der Waals surface area (Å²) in [5.74, 6) is -0.230. The van der Waals surface area contributed by atoms with Gasteiger partial charge in [-0.3, -0.25) is 14.5 Å². The van der Waals surface area contributed by atoms with E-state index in [1.165, 1.54) is 0 Å². The molecule has 8 heteroatoms. The maximum absolute atomic E-state index is 12.9. The van der Waals surface area contributed by atoms with E-state index in [-0.39, 0.29) is 6.54 Å². The number of amides is 4. The summed E-state index contributed by atoms with van der Waals surface area (Å²) in [7, 11) is 5.46. The molecule has 30 heavy (non-hydrogen) atoms. The average Bonchev–Trinajstić information content (AvgIpc) is 2.96. The minimum absolute atomic E-state index is 0.311. The molecule has 1 atom stereocenters. The highest BCUT2D eigenvalue weighted by atomic mass is 16.5. The summed E-state index contributed by atoms with van der Waals surface area (Å²) in [6, 6.07) is 14.0. The second kappa shape index (κ2) is 8.44. The first-order valence-corrected chi connectivity index (χ1v) is 9.56. The molecule has 0 aromatic heterocycles. The van der Waals surface area contributed by atoms with E-state index in [2.05, 4.69) is 10.6 Å². The maximum Gasteiger partial charge on any atom is 0.325 e. The lowest BCUT2D eigenvalue weighted by molar-refractivity contribution is -0.134. The van der Waals surface area contributed by atoms with Crippen molar-refractivity contribution < 1.29 is 19.1 Å². The predicted octanol–water partition coefficient (Wildman–Crippen LogP) is 1.84. The van der Waals surface area contributed by atoms with Crippen LogP contribution in [0, 0.1) is 0 Å². The van der Waals surface area contributed by atoms with Crippen LogP contribution >= 0.6 is 0 Å². The van der Waals surface area contributed by atoms with Gasteiger partial charge in [0.1, 0.15) is 17.8 Å². The smallest absolute Gasteiger partial charge is 0.325 e. The number of carbonyl (C=O) groups excluding carboxylic acids is 3. The summed E-state index contributed by atoms with van der Waals surface area (Å²) in [6.45, 7) is 1.59. The fourth-order valence-electron chi connectivity index (χ4n) is 3.27. The Morgan fingerprint density at radius 2 is 1.73 bits per heavy atom. The fraction of sp³-hybridized carbons (Fsp3) is 0.318. The molecule has 0 radical (unpaired) electrons. The first-order chi connectivity index (χ1) is 14.2. The van der Waals surface area contributed by atoms with E-state index in [1.807, 2.05) is 43.3 Å². The highest BCUT2D eigenvalue weighted by molar-refractivity contribution is 6.09. The largest absolute Gasteiger partial charge is 0.497 e. The van der Waals surface area contributed by atoms with Crippen molar-refractivity contribution in [1.82, 2.24) is 15.5 Å². The van der Waals surface area contributed by atoms with Crippen LogP contribution in [0.2, 0.25) is 0 Å². The molecular formula is C22H26N4O4. The van der Waals surface area contributed by atoms with Crippen molar-refractivity contribution in [2.45, 2.75) is 19.0 Å². The lowest BCUT2D eigenvalue weighted by atomic mass is 9.92. The summed E-state index contributed by atoms with van der Waals surface area (Å²) in [5.41, 5.74) is 1.37. The normalized spacial score (nSPS) is 18.2. The van der Waals surface area contributed by atoms with E-state index in [1.54, 1.807) is 38.3 Å². The van der Waals surface area contributed by atoms with Crippen LogP contribution in [-0.4, -0.2) is 50.5 Å². The van der Waals surface area contributed by atoms with E-state index >= 15 is 0 Å². The Bertz CT molecular complexity index is 941. The van der Waals surface area contributed by atoms with Gasteiger partial charge in [0.15, 0.2) is 0 Å². The summed E-state index contributed by atoms with van der Waals surface area (Å²) >= 11 is 0. The third-order valence-electron chi connectivity index (χ3n) is 5.19. The zero-order chi connectivity index (χ0) is 21.9. The lowest BCUT2D eigenvalue weighted by Gasteiger charge is -2.22. The number of urea groups is 1. The molecule has 0 unspecified atom stereocenters. The zero-order valence-corrected chi connectivity index (χ0v) is 17.6. The van der Waals surface area contributed by atoms with Crippen LogP contribution in [0.3, 0.4) is 0 Å². The Labute approximate surface area is 175 Å². The van der Waals surface area contributed by atoms with Crippen LogP contribution in [0.4, 0.5) is 10.5 Å². The Balaban J connectivity index is 1.62. The van der Waals surface area contributed by atoms with Crippen molar-refractivity contribution in [3.05, 3.63) is 59.7 Å². The van der Waals surface area contributed by atoms with Crippen molar-refractivity contribution in [1.29, 1.82) is 0 Å². The van der Waals surface area contributed by atoms with Crippen molar-refractivity contribution in [3.63, 3.8) is 0 Å². The first kappa shape index (κ1) is 21.2. The van der Waals surface area contributed by atoms with E-state index in [9.17, 15) is 14.4 Å². The van der Waals surface area contributed by atoms with E-state index < -0.39 is 23.4 Å². The van der Waals surface area contributed by atoms with E-state index in [0.717, 1.165) is 16.2 Å². The van der Waals surface area contributed by atoms with Gasteiger partial charge in [0.2, 0.25) is 5.91 Å². The monoisotopic (exact) mass is 410 g/mol. The highest BCUT2D eigenvalue weighted by Gasteiger charge is 2.49. The quantitative estimate of drug-likeness (QED) is 0.680. The minimum atomic E-state index is -1.23. The van der Waals surface area contributed by atoms with Gasteiger partial charge in [-0.1, -0.05) is 24.3 Å². The number of nitrogens with zero attached hydrogens (tertiary/aromatic N) is 2. The summed E-state index contributed by atoms with van der Waals surface area (Å²) in [5, 5.41) is 5.45. The van der Waals surface area contributed by atoms with Gasteiger partial charge in [0.25, 0.3) is 5.91 Å². The number of ether oxygens (including phenoxy) is 1. The van der Waals surface area contributed by atoms with Gasteiger partial charge in [-0.15, -0.1) is 0 Å². The molecule has 0 spiro atoms. The van der Waals surface area contributed by atoms with Crippen LogP contribution in [0.15, 0.2) is 48.5 Å². The van der Waals surface area contributed by atoms with Crippen molar-refractivity contribution >= 4 is 23.5 Å². The van der Waals surface area contributed by atoms with Gasteiger partial charge in [-0.05, 0) is 42.3 Å². The van der Waals surface area contributed by atoms with Crippen LogP contribution < -0.4 is 20.3 Å². The molecular weight excluding hydrogens is 384 g/mol. The standard InChI is InChI=1S/C22H26N4O4/c1-22(16-7-11-18(30-4)12-8-16)20(28)26(21(29)24-22)14-19(27)23-13-15-5-9-17(10-6-15)25(2)3/h5-12H,13-14H2,1-4H3,(H,23,27)(H,24,29)/t22-/m1/s1. The number of hydrogen-bond acceptors (Lipinski definition) is 5. The summed E-state index contributed by atoms with van der Waals surface area (Å²) in [4.78, 5) is 40.6. The average molecular weight is 410 g/mol. The molecule has 1 aliphatic heterocycles. The van der Waals surface area contributed by atoms with Gasteiger partial charge < -0.3 is 20.3 Å². The molecule has 0 bridgehead atoms. The van der Waals surface area contributed by atoms with Crippen molar-refractivity contribution in [3.8, 4) is 5.75 Å². The molecule has 1 saturated heterocycles. The fourth-order valence-corrected chi connectivity index (χ4v) is 3.27. The number of nitrogens with one attached hydrogen (secondary N) is 2. The van der Waals surface area contributed by atoms with Gasteiger partial charge in [0.05, 0.1) is 7.11 Å². The SMILES string of the molecule is COc1ccc([C@@]2(C)NC(=O)N(CC(=O)NCc3ccc(N(C)C)cc3)C2=O)cc1.